The molecular weight excluding hydrogens is 280 g/mol. The van der Waals surface area contributed by atoms with Crippen LogP contribution in [0, 0.1) is 0 Å². The third kappa shape index (κ3) is 1.82. The fourth-order valence-electron chi connectivity index (χ4n) is 3.42. The zero-order chi connectivity index (χ0) is 14.5. The number of rotatable bonds is 2. The van der Waals surface area contributed by atoms with Gasteiger partial charge in [0.05, 0.1) is 24.6 Å². The number of aromatic nitrogens is 5. The lowest BCUT2D eigenvalue weighted by Gasteiger charge is -2.32. The highest BCUT2D eigenvalue weighted by Crippen LogP contribution is 2.29. The van der Waals surface area contributed by atoms with E-state index in [1.54, 1.807) is 10.9 Å². The molecule has 2 aliphatic rings. The van der Waals surface area contributed by atoms with Gasteiger partial charge >= 0.3 is 0 Å². The summed E-state index contributed by atoms with van der Waals surface area (Å²) in [6.45, 7) is 1.85. The second-order valence-corrected chi connectivity index (χ2v) is 5.94. The molecule has 0 saturated carbocycles. The van der Waals surface area contributed by atoms with Gasteiger partial charge in [0.15, 0.2) is 11.5 Å². The highest BCUT2D eigenvalue weighted by molar-refractivity contribution is 5.78. The summed E-state index contributed by atoms with van der Waals surface area (Å²) < 4.78 is 7.70. The molecule has 2 aliphatic heterocycles. The zero-order valence-electron chi connectivity index (χ0n) is 12.0. The van der Waals surface area contributed by atoms with Gasteiger partial charge < -0.3 is 9.64 Å². The number of pyridine rings is 1. The first-order chi connectivity index (χ1) is 10.9. The SMILES string of the molecule is c1cc(-n2ncc3ccc(N4CC5CCC(C4)O5)nc32)[nH]n1. The lowest BCUT2D eigenvalue weighted by molar-refractivity contribution is 0.0302. The van der Waals surface area contributed by atoms with E-state index < -0.39 is 0 Å². The summed E-state index contributed by atoms with van der Waals surface area (Å²) >= 11 is 0. The summed E-state index contributed by atoms with van der Waals surface area (Å²) in [4.78, 5) is 7.16. The van der Waals surface area contributed by atoms with Gasteiger partial charge in [-0.25, -0.2) is 4.98 Å². The first-order valence-electron chi connectivity index (χ1n) is 7.62. The van der Waals surface area contributed by atoms with E-state index in [-0.39, 0.29) is 0 Å². The maximum absolute atomic E-state index is 5.90. The zero-order valence-corrected chi connectivity index (χ0v) is 12.0. The van der Waals surface area contributed by atoms with E-state index in [9.17, 15) is 0 Å². The van der Waals surface area contributed by atoms with E-state index in [0.29, 0.717) is 12.2 Å². The van der Waals surface area contributed by atoms with Crippen LogP contribution in [0.4, 0.5) is 5.82 Å². The third-order valence-electron chi connectivity index (χ3n) is 4.49. The number of fused-ring (bicyclic) bond motifs is 3. The molecule has 7 heteroatoms. The van der Waals surface area contributed by atoms with Crippen molar-refractivity contribution in [2.45, 2.75) is 25.0 Å². The van der Waals surface area contributed by atoms with Gasteiger partial charge in [-0.05, 0) is 25.0 Å². The number of morpholine rings is 1. The van der Waals surface area contributed by atoms with E-state index in [1.165, 1.54) is 0 Å². The molecule has 3 aromatic rings. The summed E-state index contributed by atoms with van der Waals surface area (Å²) in [7, 11) is 0. The van der Waals surface area contributed by atoms with E-state index in [2.05, 4.69) is 32.3 Å². The van der Waals surface area contributed by atoms with E-state index >= 15 is 0 Å². The smallest absolute Gasteiger partial charge is 0.166 e. The fraction of sp³-hybridized carbons (Fsp3) is 0.400. The van der Waals surface area contributed by atoms with E-state index in [1.807, 2.05) is 12.3 Å². The number of ether oxygens (including phenoxy) is 1. The Hall–Kier alpha value is -2.41. The van der Waals surface area contributed by atoms with Crippen LogP contribution >= 0.6 is 0 Å². The molecule has 7 nitrogen and oxygen atoms in total. The molecule has 5 heterocycles. The number of nitrogens with one attached hydrogen (secondary N) is 1. The van der Waals surface area contributed by atoms with Crippen molar-refractivity contribution in [3.05, 3.63) is 30.6 Å². The van der Waals surface area contributed by atoms with Crippen LogP contribution in [0.1, 0.15) is 12.8 Å². The highest BCUT2D eigenvalue weighted by Gasteiger charge is 2.34. The monoisotopic (exact) mass is 296 g/mol. The Morgan fingerprint density at radius 3 is 2.77 bits per heavy atom. The molecule has 0 aliphatic carbocycles. The maximum atomic E-state index is 5.90. The molecule has 2 fully saturated rings. The topological polar surface area (TPSA) is 71.9 Å². The third-order valence-corrected chi connectivity index (χ3v) is 4.49. The van der Waals surface area contributed by atoms with Crippen molar-refractivity contribution in [1.82, 2.24) is 25.0 Å². The molecule has 0 radical (unpaired) electrons. The van der Waals surface area contributed by atoms with Crippen LogP contribution in [-0.2, 0) is 4.74 Å². The summed E-state index contributed by atoms with van der Waals surface area (Å²) in [5, 5.41) is 12.3. The van der Waals surface area contributed by atoms with Gasteiger partial charge in [-0.1, -0.05) is 0 Å². The van der Waals surface area contributed by atoms with Gasteiger partial charge in [0.2, 0.25) is 0 Å². The van der Waals surface area contributed by atoms with Crippen LogP contribution < -0.4 is 4.90 Å². The van der Waals surface area contributed by atoms with Gasteiger partial charge in [-0.3, -0.25) is 5.10 Å². The van der Waals surface area contributed by atoms with Crippen molar-refractivity contribution in [3.8, 4) is 5.82 Å². The molecule has 112 valence electrons. The Bertz CT molecular complexity index is 799. The summed E-state index contributed by atoms with van der Waals surface area (Å²) in [6, 6.07) is 6.04. The first-order valence-corrected chi connectivity index (χ1v) is 7.62. The number of H-pyrrole nitrogens is 1. The summed E-state index contributed by atoms with van der Waals surface area (Å²) in [5.74, 6) is 1.82. The number of hydrogen-bond acceptors (Lipinski definition) is 5. The molecule has 2 unspecified atom stereocenters. The normalized spacial score (nSPS) is 24.3. The van der Waals surface area contributed by atoms with Crippen molar-refractivity contribution in [1.29, 1.82) is 0 Å². The Morgan fingerprint density at radius 2 is 2.00 bits per heavy atom. The van der Waals surface area contributed by atoms with Crippen LogP contribution in [0.15, 0.2) is 30.6 Å². The van der Waals surface area contributed by atoms with Crippen LogP contribution in [0.5, 0.6) is 0 Å². The standard InChI is InChI=1S/C15H16N6O/c1-4-13(20-8-11-2-3-12(9-20)22-11)18-15-10(1)7-17-21(15)14-5-6-16-19-14/h1,4-7,11-12H,2-3,8-9H2,(H,16,19). The van der Waals surface area contributed by atoms with Crippen molar-refractivity contribution in [3.63, 3.8) is 0 Å². The van der Waals surface area contributed by atoms with Gasteiger partial charge in [-0.15, -0.1) is 0 Å². The number of hydrogen-bond donors (Lipinski definition) is 1. The maximum Gasteiger partial charge on any atom is 0.166 e. The average molecular weight is 296 g/mol. The molecule has 0 amide bonds. The predicted octanol–water partition coefficient (Wildman–Crippen LogP) is 1.51. The Kier molecular flexibility index (Phi) is 2.51. The summed E-state index contributed by atoms with van der Waals surface area (Å²) in [5.41, 5.74) is 0.848. The van der Waals surface area contributed by atoms with Crippen molar-refractivity contribution in [2.24, 2.45) is 0 Å². The average Bonchev–Trinajstić information content (AvgIpc) is 3.26. The largest absolute Gasteiger partial charge is 0.371 e. The molecule has 2 bridgehead atoms. The Morgan fingerprint density at radius 1 is 1.14 bits per heavy atom. The number of aromatic amines is 1. The quantitative estimate of drug-likeness (QED) is 0.776. The molecule has 22 heavy (non-hydrogen) atoms. The van der Waals surface area contributed by atoms with Crippen molar-refractivity contribution < 1.29 is 4.74 Å². The fourth-order valence-corrected chi connectivity index (χ4v) is 3.42. The summed E-state index contributed by atoms with van der Waals surface area (Å²) in [6.07, 6.45) is 6.58. The van der Waals surface area contributed by atoms with Crippen molar-refractivity contribution in [2.75, 3.05) is 18.0 Å². The van der Waals surface area contributed by atoms with Gasteiger partial charge in [0, 0.05) is 24.5 Å². The minimum atomic E-state index is 0.355. The van der Waals surface area contributed by atoms with Gasteiger partial charge in [-0.2, -0.15) is 14.9 Å². The van der Waals surface area contributed by atoms with Crippen LogP contribution in [-0.4, -0.2) is 50.3 Å². The van der Waals surface area contributed by atoms with Crippen LogP contribution in [0.2, 0.25) is 0 Å². The minimum absolute atomic E-state index is 0.355. The lowest BCUT2D eigenvalue weighted by atomic mass is 10.2. The van der Waals surface area contributed by atoms with E-state index in [0.717, 1.165) is 48.6 Å². The number of nitrogens with zero attached hydrogens (tertiary/aromatic N) is 5. The molecule has 0 aromatic carbocycles. The second kappa shape index (κ2) is 4.54. The molecule has 0 spiro atoms. The molecule has 2 atom stereocenters. The predicted molar refractivity (Wildman–Crippen MR) is 81.1 cm³/mol. The van der Waals surface area contributed by atoms with Crippen LogP contribution in [0.3, 0.4) is 0 Å². The molecular formula is C15H16N6O. The Balaban J connectivity index is 1.56. The second-order valence-electron chi connectivity index (χ2n) is 5.94. The number of anilines is 1. The van der Waals surface area contributed by atoms with Gasteiger partial charge in [0.1, 0.15) is 5.82 Å². The lowest BCUT2D eigenvalue weighted by Crippen LogP contribution is -2.43. The van der Waals surface area contributed by atoms with Crippen LogP contribution in [0.25, 0.3) is 16.9 Å². The Labute approximate surface area is 126 Å². The molecule has 2 saturated heterocycles. The molecule has 5 rings (SSSR count). The van der Waals surface area contributed by atoms with Gasteiger partial charge in [0.25, 0.3) is 0 Å². The molecule has 1 N–H and O–H groups in total. The highest BCUT2D eigenvalue weighted by atomic mass is 16.5. The van der Waals surface area contributed by atoms with E-state index in [4.69, 9.17) is 9.72 Å². The van der Waals surface area contributed by atoms with Crippen molar-refractivity contribution >= 4 is 16.9 Å². The first kappa shape index (κ1) is 12.2. The minimum Gasteiger partial charge on any atom is -0.371 e. The molecule has 3 aromatic heterocycles.